The number of hydrogen-bond donors (Lipinski definition) is 0. The monoisotopic (exact) mass is 340 g/mol. The first-order valence-corrected chi connectivity index (χ1v) is 7.76. The third kappa shape index (κ3) is 8.87. The van der Waals surface area contributed by atoms with Crippen LogP contribution in [0.2, 0.25) is 0 Å². The van der Waals surface area contributed by atoms with Gasteiger partial charge in [-0.3, -0.25) is 9.59 Å². The Morgan fingerprint density at radius 3 is 1.42 bits per heavy atom. The number of hydrogen-bond acceptors (Lipinski definition) is 6. The predicted molar refractivity (Wildman–Crippen MR) is 86.7 cm³/mol. The predicted octanol–water partition coefficient (Wildman–Crippen LogP) is 3.52. The van der Waals surface area contributed by atoms with Gasteiger partial charge in [0.1, 0.15) is 0 Å². The van der Waals surface area contributed by atoms with E-state index in [4.69, 9.17) is 20.5 Å². The molecule has 10 nitrogen and oxygen atoms in total. The molecule has 0 radical (unpaired) electrons. The molecule has 0 aromatic carbocycles. The molecule has 0 aliphatic carbocycles. The van der Waals surface area contributed by atoms with Gasteiger partial charge in [-0.2, -0.15) is 0 Å². The number of carbonyl (C=O) groups is 2. The van der Waals surface area contributed by atoms with E-state index in [1.54, 1.807) is 27.7 Å². The Balaban J connectivity index is 5.38. The van der Waals surface area contributed by atoms with Crippen molar-refractivity contribution < 1.29 is 19.1 Å². The van der Waals surface area contributed by atoms with E-state index in [0.29, 0.717) is 0 Å². The first kappa shape index (κ1) is 21.6. The van der Waals surface area contributed by atoms with Crippen LogP contribution in [0.25, 0.3) is 20.9 Å². The molecule has 0 N–H and O–H groups in total. The molecule has 0 aliphatic heterocycles. The fraction of sp³-hybridized carbons (Fsp3) is 0.857. The van der Waals surface area contributed by atoms with Crippen LogP contribution in [0.15, 0.2) is 10.2 Å². The van der Waals surface area contributed by atoms with E-state index in [1.807, 2.05) is 0 Å². The Bertz CT molecular complexity index is 463. The standard InChI is InChI=1S/C14H24N6O4/c1-9(2)23-13(21)11(5-7-17-19-15)12(6-8-18-20-16)14(22)24-10(3)4/h9-12H,5-8H2,1-4H3/t11-,12+. The topological polar surface area (TPSA) is 150 Å². The maximum atomic E-state index is 12.3. The molecule has 0 aliphatic rings. The highest BCUT2D eigenvalue weighted by Gasteiger charge is 2.35. The van der Waals surface area contributed by atoms with E-state index in [9.17, 15) is 9.59 Å². The highest BCUT2D eigenvalue weighted by atomic mass is 16.6. The summed E-state index contributed by atoms with van der Waals surface area (Å²) in [6.07, 6.45) is -0.412. The molecule has 0 spiro atoms. The molecule has 0 aromatic rings. The fourth-order valence-electron chi connectivity index (χ4n) is 2.09. The number of azide groups is 2. The van der Waals surface area contributed by atoms with E-state index in [1.165, 1.54) is 0 Å². The van der Waals surface area contributed by atoms with E-state index in [-0.39, 0.29) is 38.1 Å². The minimum absolute atomic E-state index is 0.0430. The molecule has 2 atom stereocenters. The van der Waals surface area contributed by atoms with Gasteiger partial charge in [-0.25, -0.2) is 0 Å². The third-order valence-electron chi connectivity index (χ3n) is 3.00. The number of esters is 2. The molecule has 0 heterocycles. The average molecular weight is 340 g/mol. The second-order valence-corrected chi connectivity index (χ2v) is 5.67. The van der Waals surface area contributed by atoms with Crippen LogP contribution in [0.3, 0.4) is 0 Å². The van der Waals surface area contributed by atoms with E-state index in [0.717, 1.165) is 0 Å². The quantitative estimate of drug-likeness (QED) is 0.244. The van der Waals surface area contributed by atoms with Crippen molar-refractivity contribution in [2.75, 3.05) is 13.1 Å². The van der Waals surface area contributed by atoms with Crippen LogP contribution >= 0.6 is 0 Å². The largest absolute Gasteiger partial charge is 0.463 e. The van der Waals surface area contributed by atoms with Gasteiger partial charge in [-0.15, -0.1) is 0 Å². The minimum atomic E-state index is -0.835. The summed E-state index contributed by atoms with van der Waals surface area (Å²) in [7, 11) is 0. The van der Waals surface area contributed by atoms with Crippen LogP contribution in [0.1, 0.15) is 40.5 Å². The molecule has 0 saturated carbocycles. The Morgan fingerprint density at radius 1 is 0.833 bits per heavy atom. The Labute approximate surface area is 140 Å². The van der Waals surface area contributed by atoms with Gasteiger partial charge in [0.05, 0.1) is 24.0 Å². The summed E-state index contributed by atoms with van der Waals surface area (Å²) in [4.78, 5) is 30.0. The molecule has 0 amide bonds. The van der Waals surface area contributed by atoms with Gasteiger partial charge in [0.15, 0.2) is 0 Å². The van der Waals surface area contributed by atoms with E-state index in [2.05, 4.69) is 20.1 Å². The maximum Gasteiger partial charge on any atom is 0.310 e. The van der Waals surface area contributed by atoms with Crippen LogP contribution in [0, 0.1) is 11.8 Å². The smallest absolute Gasteiger partial charge is 0.310 e. The summed E-state index contributed by atoms with van der Waals surface area (Å²) in [6, 6.07) is 0. The zero-order chi connectivity index (χ0) is 18.5. The van der Waals surface area contributed by atoms with Crippen molar-refractivity contribution in [1.82, 2.24) is 0 Å². The minimum Gasteiger partial charge on any atom is -0.463 e. The molecular formula is C14H24N6O4. The molecule has 0 aromatic heterocycles. The second-order valence-electron chi connectivity index (χ2n) is 5.67. The van der Waals surface area contributed by atoms with Gasteiger partial charge in [-0.1, -0.05) is 10.2 Å². The molecule has 0 saturated heterocycles. The van der Waals surface area contributed by atoms with Crippen molar-refractivity contribution in [2.24, 2.45) is 22.1 Å². The molecular weight excluding hydrogens is 316 g/mol. The van der Waals surface area contributed by atoms with Gasteiger partial charge >= 0.3 is 11.9 Å². The molecule has 134 valence electrons. The summed E-state index contributed by atoms with van der Waals surface area (Å²) in [5.41, 5.74) is 16.8. The summed E-state index contributed by atoms with van der Waals surface area (Å²) in [5, 5.41) is 6.82. The SMILES string of the molecule is CC(C)OC(=O)[C@@H](CCN=[N+]=[N-])[C@@H](CCN=[N+]=[N-])C(=O)OC(C)C. The van der Waals surface area contributed by atoms with Crippen molar-refractivity contribution in [3.05, 3.63) is 20.9 Å². The first-order valence-electron chi connectivity index (χ1n) is 7.76. The molecule has 0 fully saturated rings. The Kier molecular flexibility index (Phi) is 10.8. The van der Waals surface area contributed by atoms with Crippen LogP contribution in [-0.4, -0.2) is 37.2 Å². The van der Waals surface area contributed by atoms with Crippen molar-refractivity contribution in [3.8, 4) is 0 Å². The van der Waals surface area contributed by atoms with Crippen LogP contribution in [-0.2, 0) is 19.1 Å². The lowest BCUT2D eigenvalue weighted by molar-refractivity contribution is -0.165. The summed E-state index contributed by atoms with van der Waals surface area (Å²) < 4.78 is 10.4. The molecule has 0 unspecified atom stereocenters. The van der Waals surface area contributed by atoms with Gasteiger partial charge in [0.25, 0.3) is 0 Å². The number of carbonyl (C=O) groups excluding carboxylic acids is 2. The zero-order valence-corrected chi connectivity index (χ0v) is 14.5. The zero-order valence-electron chi connectivity index (χ0n) is 14.5. The Morgan fingerprint density at radius 2 is 1.17 bits per heavy atom. The summed E-state index contributed by atoms with van der Waals surface area (Å²) in [5.74, 6) is -2.80. The van der Waals surface area contributed by atoms with Gasteiger partial charge in [-0.05, 0) is 51.6 Å². The summed E-state index contributed by atoms with van der Waals surface area (Å²) in [6.45, 7) is 6.88. The van der Waals surface area contributed by atoms with Gasteiger partial charge in [0.2, 0.25) is 0 Å². The number of rotatable bonds is 11. The van der Waals surface area contributed by atoms with Crippen molar-refractivity contribution in [1.29, 1.82) is 0 Å². The molecule has 0 rings (SSSR count). The second kappa shape index (κ2) is 12.0. The van der Waals surface area contributed by atoms with Crippen molar-refractivity contribution >= 4 is 11.9 Å². The number of ether oxygens (including phenoxy) is 2. The fourth-order valence-corrected chi connectivity index (χ4v) is 2.09. The van der Waals surface area contributed by atoms with Crippen molar-refractivity contribution in [2.45, 2.75) is 52.7 Å². The average Bonchev–Trinajstić information content (AvgIpc) is 2.47. The van der Waals surface area contributed by atoms with E-state index < -0.39 is 23.8 Å². The normalized spacial score (nSPS) is 12.8. The number of nitrogens with zero attached hydrogens (tertiary/aromatic N) is 6. The lowest BCUT2D eigenvalue weighted by Gasteiger charge is -2.25. The van der Waals surface area contributed by atoms with Crippen LogP contribution in [0.5, 0.6) is 0 Å². The van der Waals surface area contributed by atoms with Crippen LogP contribution < -0.4 is 0 Å². The van der Waals surface area contributed by atoms with Gasteiger partial charge < -0.3 is 9.47 Å². The van der Waals surface area contributed by atoms with Crippen LogP contribution in [0.4, 0.5) is 0 Å². The lowest BCUT2D eigenvalue weighted by Crippen LogP contribution is -2.35. The van der Waals surface area contributed by atoms with E-state index >= 15 is 0 Å². The maximum absolute atomic E-state index is 12.3. The molecule has 0 bridgehead atoms. The van der Waals surface area contributed by atoms with Crippen molar-refractivity contribution in [3.63, 3.8) is 0 Å². The summed E-state index contributed by atoms with van der Waals surface area (Å²) >= 11 is 0. The lowest BCUT2D eigenvalue weighted by atomic mass is 9.86. The third-order valence-corrected chi connectivity index (χ3v) is 3.00. The molecule has 10 heteroatoms. The highest BCUT2D eigenvalue weighted by Crippen LogP contribution is 2.25. The first-order chi connectivity index (χ1) is 11.3. The Hall–Kier alpha value is -2.44. The van der Waals surface area contributed by atoms with Gasteiger partial charge in [0, 0.05) is 22.9 Å². The molecule has 24 heavy (non-hydrogen) atoms. The highest BCUT2D eigenvalue weighted by molar-refractivity contribution is 5.82.